The summed E-state index contributed by atoms with van der Waals surface area (Å²) in [6.45, 7) is 8.16. The summed E-state index contributed by atoms with van der Waals surface area (Å²) in [5.41, 5.74) is 0. The van der Waals surface area contributed by atoms with Crippen molar-refractivity contribution in [3.05, 3.63) is 0 Å². The normalized spacial score (nSPS) is 15.6. The summed E-state index contributed by atoms with van der Waals surface area (Å²) in [6.07, 6.45) is 1.61. The van der Waals surface area contributed by atoms with Crippen LogP contribution in [0.1, 0.15) is 33.6 Å². The van der Waals surface area contributed by atoms with Gasteiger partial charge in [-0.05, 0) is 45.0 Å². The second-order valence-corrected chi connectivity index (χ2v) is 9.22. The maximum atomic E-state index is 12.5. The number of hydrogen-bond acceptors (Lipinski definition) is 11. The number of thioether (sulfide) groups is 1. The predicted molar refractivity (Wildman–Crippen MR) is 118 cm³/mol. The highest BCUT2D eigenvalue weighted by Gasteiger charge is 2.35. The van der Waals surface area contributed by atoms with Gasteiger partial charge in [0.05, 0.1) is 24.6 Å². The number of thiol groups is 1. The fraction of sp³-hybridized carbons (Fsp3) is 0.789. The van der Waals surface area contributed by atoms with Crippen LogP contribution in [0.25, 0.3) is 0 Å². The van der Waals surface area contributed by atoms with Crippen molar-refractivity contribution in [2.24, 2.45) is 0 Å². The van der Waals surface area contributed by atoms with Gasteiger partial charge in [-0.3, -0.25) is 14.5 Å². The summed E-state index contributed by atoms with van der Waals surface area (Å²) in [5.74, 6) is -1.67. The molecule has 0 radical (unpaired) electrons. The van der Waals surface area contributed by atoms with Crippen molar-refractivity contribution in [3.8, 4) is 0 Å². The lowest BCUT2D eigenvalue weighted by Gasteiger charge is -2.26. The minimum atomic E-state index is -1.23. The van der Waals surface area contributed by atoms with Crippen molar-refractivity contribution in [1.29, 1.82) is 0 Å². The Morgan fingerprint density at radius 3 is 2.42 bits per heavy atom. The van der Waals surface area contributed by atoms with Gasteiger partial charge in [0, 0.05) is 25.8 Å². The van der Waals surface area contributed by atoms with Gasteiger partial charge in [0.25, 0.3) is 0 Å². The number of unbranched alkanes of at least 4 members (excludes halogenated alkanes) is 1. The first-order valence-electron chi connectivity index (χ1n) is 10.0. The molecule has 0 unspecified atom stereocenters. The summed E-state index contributed by atoms with van der Waals surface area (Å²) in [5, 5.41) is 1.77. The number of morpholine rings is 1. The zero-order chi connectivity index (χ0) is 23.3. The third-order valence-electron chi connectivity index (χ3n) is 4.31. The number of nitrogens with one attached hydrogen (secondary N) is 1. The Morgan fingerprint density at radius 1 is 1.13 bits per heavy atom. The van der Waals surface area contributed by atoms with Crippen molar-refractivity contribution in [2.45, 2.75) is 44.4 Å². The minimum Gasteiger partial charge on any atom is -0.464 e. The lowest BCUT2D eigenvalue weighted by molar-refractivity contribution is -0.148. The molecule has 31 heavy (non-hydrogen) atoms. The van der Waals surface area contributed by atoms with E-state index < -0.39 is 40.7 Å². The summed E-state index contributed by atoms with van der Waals surface area (Å²) >= 11 is 4.72. The van der Waals surface area contributed by atoms with Crippen molar-refractivity contribution in [3.63, 3.8) is 0 Å². The van der Waals surface area contributed by atoms with E-state index >= 15 is 0 Å². The Hall–Kier alpha value is -1.50. The van der Waals surface area contributed by atoms with Crippen molar-refractivity contribution >= 4 is 47.5 Å². The molecule has 1 rings (SSSR count). The molecule has 0 aromatic heterocycles. The minimum absolute atomic E-state index is 0.0516. The maximum Gasteiger partial charge on any atom is 0.371 e. The van der Waals surface area contributed by atoms with Crippen LogP contribution in [0.5, 0.6) is 0 Å². The number of rotatable bonds is 12. The van der Waals surface area contributed by atoms with Gasteiger partial charge >= 0.3 is 17.2 Å². The standard InChI is InChI=1S/C19H32N2O8S2/c1-14(22)28-13-29-18(25)31-19(2,3)17(24)20-15(12-30)16(23)27-9-5-4-6-21-7-10-26-11-8-21/h15,30H,4-13H2,1-3H3,(H,20,24)/t15-/m0/s1. The highest BCUT2D eigenvalue weighted by Crippen LogP contribution is 2.26. The fourth-order valence-electron chi connectivity index (χ4n) is 2.49. The molecule has 1 saturated heterocycles. The Balaban J connectivity index is 2.33. The molecule has 1 aliphatic heterocycles. The summed E-state index contributed by atoms with van der Waals surface area (Å²) < 4.78 is 18.6. The van der Waals surface area contributed by atoms with E-state index in [1.54, 1.807) is 0 Å². The highest BCUT2D eigenvalue weighted by atomic mass is 32.2. The number of nitrogens with zero attached hydrogens (tertiary/aromatic N) is 1. The third-order valence-corrected chi connectivity index (χ3v) is 5.66. The monoisotopic (exact) mass is 480 g/mol. The van der Waals surface area contributed by atoms with Gasteiger partial charge in [-0.15, -0.1) is 0 Å². The van der Waals surface area contributed by atoms with Gasteiger partial charge in [-0.2, -0.15) is 12.6 Å². The van der Waals surface area contributed by atoms with Gasteiger partial charge in [-0.1, -0.05) is 0 Å². The number of carbonyl (C=O) groups excluding carboxylic acids is 4. The zero-order valence-electron chi connectivity index (χ0n) is 18.2. The molecule has 0 bridgehead atoms. The maximum absolute atomic E-state index is 12.5. The Bertz CT molecular complexity index is 612. The molecule has 0 saturated carbocycles. The van der Waals surface area contributed by atoms with Gasteiger partial charge in [0.2, 0.25) is 12.7 Å². The van der Waals surface area contributed by atoms with Crippen molar-refractivity contribution < 1.29 is 38.1 Å². The molecule has 0 aromatic carbocycles. The Labute approximate surface area is 192 Å². The van der Waals surface area contributed by atoms with Gasteiger partial charge in [0.1, 0.15) is 6.04 Å². The first kappa shape index (κ1) is 27.5. The second kappa shape index (κ2) is 14.5. The molecule has 0 aliphatic carbocycles. The van der Waals surface area contributed by atoms with Crippen molar-refractivity contribution in [2.75, 3.05) is 52.0 Å². The number of ether oxygens (including phenoxy) is 4. The summed E-state index contributed by atoms with van der Waals surface area (Å²) in [6, 6.07) is -0.938. The molecule has 1 N–H and O–H groups in total. The number of esters is 2. The van der Waals surface area contributed by atoms with Crippen LogP contribution in [0.15, 0.2) is 0 Å². The molecule has 1 fully saturated rings. The van der Waals surface area contributed by atoms with Gasteiger partial charge in [0.15, 0.2) is 0 Å². The first-order chi connectivity index (χ1) is 14.7. The van der Waals surface area contributed by atoms with E-state index in [1.807, 2.05) is 0 Å². The lowest BCUT2D eigenvalue weighted by atomic mass is 10.2. The van der Waals surface area contributed by atoms with Crippen LogP contribution in [0.4, 0.5) is 4.79 Å². The molecule has 12 heteroatoms. The summed E-state index contributed by atoms with van der Waals surface area (Å²) in [7, 11) is 0. The molecule has 1 atom stereocenters. The van der Waals surface area contributed by atoms with E-state index in [0.717, 1.165) is 39.3 Å². The molecule has 1 heterocycles. The first-order valence-corrected chi connectivity index (χ1v) is 11.5. The third kappa shape index (κ3) is 11.6. The number of hydrogen-bond donors (Lipinski definition) is 2. The number of carbonyl (C=O) groups is 4. The summed E-state index contributed by atoms with van der Waals surface area (Å²) in [4.78, 5) is 49.6. The average Bonchev–Trinajstić information content (AvgIpc) is 2.71. The molecule has 178 valence electrons. The average molecular weight is 481 g/mol. The quantitative estimate of drug-likeness (QED) is 0.183. The van der Waals surface area contributed by atoms with E-state index in [9.17, 15) is 19.2 Å². The van der Waals surface area contributed by atoms with Crippen LogP contribution in [0, 0.1) is 0 Å². The van der Waals surface area contributed by atoms with Crippen LogP contribution >= 0.6 is 24.4 Å². The Kier molecular flexibility index (Phi) is 12.9. The second-order valence-electron chi connectivity index (χ2n) is 7.30. The van der Waals surface area contributed by atoms with E-state index in [0.29, 0.717) is 18.2 Å². The van der Waals surface area contributed by atoms with Crippen LogP contribution in [0.2, 0.25) is 0 Å². The van der Waals surface area contributed by atoms with Crippen LogP contribution in [0.3, 0.4) is 0 Å². The van der Waals surface area contributed by atoms with Gasteiger partial charge < -0.3 is 24.3 Å². The molecule has 0 aromatic rings. The molecule has 0 spiro atoms. The molecule has 1 aliphatic rings. The molecule has 10 nitrogen and oxygen atoms in total. The zero-order valence-corrected chi connectivity index (χ0v) is 19.9. The Morgan fingerprint density at radius 2 is 1.81 bits per heavy atom. The van der Waals surface area contributed by atoms with E-state index in [1.165, 1.54) is 20.8 Å². The SMILES string of the molecule is CC(=O)OCOC(=O)SC(C)(C)C(=O)N[C@@H](CS)C(=O)OCCCCN1CCOCC1. The van der Waals surface area contributed by atoms with Crippen LogP contribution in [-0.4, -0.2) is 90.8 Å². The lowest BCUT2D eigenvalue weighted by Crippen LogP contribution is -2.50. The topological polar surface area (TPSA) is 120 Å². The fourth-order valence-corrected chi connectivity index (χ4v) is 3.41. The molecule has 1 amide bonds. The molecular weight excluding hydrogens is 448 g/mol. The highest BCUT2D eigenvalue weighted by molar-refractivity contribution is 8.15. The van der Waals surface area contributed by atoms with Crippen LogP contribution in [-0.2, 0) is 33.3 Å². The van der Waals surface area contributed by atoms with Crippen LogP contribution < -0.4 is 5.32 Å². The molecular formula is C19H32N2O8S2. The van der Waals surface area contributed by atoms with E-state index in [2.05, 4.69) is 27.6 Å². The van der Waals surface area contributed by atoms with E-state index in [4.69, 9.17) is 14.2 Å². The largest absolute Gasteiger partial charge is 0.464 e. The smallest absolute Gasteiger partial charge is 0.371 e. The van der Waals surface area contributed by atoms with Gasteiger partial charge in [-0.25, -0.2) is 9.59 Å². The van der Waals surface area contributed by atoms with E-state index in [-0.39, 0.29) is 12.4 Å². The number of amides is 1. The van der Waals surface area contributed by atoms with Crippen molar-refractivity contribution in [1.82, 2.24) is 10.2 Å². The predicted octanol–water partition coefficient (Wildman–Crippen LogP) is 1.23.